The van der Waals surface area contributed by atoms with Crippen molar-refractivity contribution in [2.45, 2.75) is 13.0 Å². The van der Waals surface area contributed by atoms with E-state index in [9.17, 15) is 4.79 Å². The molecule has 0 aliphatic rings. The van der Waals surface area contributed by atoms with Crippen LogP contribution in [0.3, 0.4) is 0 Å². The van der Waals surface area contributed by atoms with Crippen LogP contribution >= 0.6 is 22.7 Å². The summed E-state index contributed by atoms with van der Waals surface area (Å²) in [4.78, 5) is 12.2. The van der Waals surface area contributed by atoms with Gasteiger partial charge in [0.25, 0.3) is 5.91 Å². The highest BCUT2D eigenvalue weighted by Gasteiger charge is 2.17. The standard InChI is InChI=1S/C16H15N3O3S2/c1-10(22-13-5-3-12(21-2)4-6-13)14(20)17-16-19-18-15(24-16)11-7-8-23-9-11/h3-10H,1-2H3,(H,17,19,20). The number of hydrogen-bond donors (Lipinski definition) is 1. The van der Waals surface area contributed by atoms with E-state index in [0.29, 0.717) is 10.9 Å². The average molecular weight is 361 g/mol. The second-order valence-electron chi connectivity index (χ2n) is 4.85. The molecule has 0 fully saturated rings. The molecule has 1 unspecified atom stereocenters. The highest BCUT2D eigenvalue weighted by Crippen LogP contribution is 2.28. The topological polar surface area (TPSA) is 73.3 Å². The van der Waals surface area contributed by atoms with Crippen LogP contribution in [0.1, 0.15) is 6.92 Å². The van der Waals surface area contributed by atoms with Crippen LogP contribution in [0.2, 0.25) is 0 Å². The number of nitrogens with one attached hydrogen (secondary N) is 1. The van der Waals surface area contributed by atoms with Crippen LogP contribution in [0.5, 0.6) is 11.5 Å². The Morgan fingerprint density at radius 2 is 1.92 bits per heavy atom. The Balaban J connectivity index is 1.59. The number of thiophene rings is 1. The Labute approximate surface area is 147 Å². The van der Waals surface area contributed by atoms with Gasteiger partial charge in [0, 0.05) is 10.9 Å². The van der Waals surface area contributed by atoms with E-state index in [2.05, 4.69) is 15.5 Å². The van der Waals surface area contributed by atoms with E-state index in [4.69, 9.17) is 9.47 Å². The first-order valence-electron chi connectivity index (χ1n) is 7.13. The maximum absolute atomic E-state index is 12.2. The molecule has 0 saturated heterocycles. The smallest absolute Gasteiger partial charge is 0.266 e. The van der Waals surface area contributed by atoms with Crippen LogP contribution in [-0.2, 0) is 4.79 Å². The molecule has 2 heterocycles. The first kappa shape index (κ1) is 16.4. The van der Waals surface area contributed by atoms with Crippen molar-refractivity contribution in [2.75, 3.05) is 12.4 Å². The minimum Gasteiger partial charge on any atom is -0.497 e. The zero-order chi connectivity index (χ0) is 16.9. The van der Waals surface area contributed by atoms with Crippen molar-refractivity contribution in [2.24, 2.45) is 0 Å². The zero-order valence-corrected chi connectivity index (χ0v) is 14.7. The lowest BCUT2D eigenvalue weighted by Crippen LogP contribution is -2.30. The number of carbonyl (C=O) groups is 1. The summed E-state index contributed by atoms with van der Waals surface area (Å²) >= 11 is 2.92. The van der Waals surface area contributed by atoms with E-state index in [-0.39, 0.29) is 5.91 Å². The van der Waals surface area contributed by atoms with Crippen LogP contribution in [-0.4, -0.2) is 29.3 Å². The lowest BCUT2D eigenvalue weighted by molar-refractivity contribution is -0.122. The van der Waals surface area contributed by atoms with Gasteiger partial charge < -0.3 is 9.47 Å². The van der Waals surface area contributed by atoms with Gasteiger partial charge in [-0.2, -0.15) is 11.3 Å². The Morgan fingerprint density at radius 1 is 1.17 bits per heavy atom. The molecule has 1 amide bonds. The summed E-state index contributed by atoms with van der Waals surface area (Å²) in [6.45, 7) is 1.68. The summed E-state index contributed by atoms with van der Waals surface area (Å²) < 4.78 is 10.7. The number of amides is 1. The van der Waals surface area contributed by atoms with E-state index in [0.717, 1.165) is 16.3 Å². The lowest BCUT2D eigenvalue weighted by atomic mass is 10.3. The minimum atomic E-state index is -0.660. The molecule has 124 valence electrons. The average Bonchev–Trinajstić information content (AvgIpc) is 3.26. The molecule has 0 spiro atoms. The summed E-state index contributed by atoms with van der Waals surface area (Å²) in [6, 6.07) is 9.02. The summed E-state index contributed by atoms with van der Waals surface area (Å²) in [5, 5.41) is 16.0. The lowest BCUT2D eigenvalue weighted by Gasteiger charge is -2.13. The third kappa shape index (κ3) is 3.90. The highest BCUT2D eigenvalue weighted by atomic mass is 32.1. The Bertz CT molecular complexity index is 800. The van der Waals surface area contributed by atoms with Crippen LogP contribution in [0.25, 0.3) is 10.6 Å². The Morgan fingerprint density at radius 3 is 2.58 bits per heavy atom. The maximum atomic E-state index is 12.2. The number of anilines is 1. The summed E-state index contributed by atoms with van der Waals surface area (Å²) in [5.74, 6) is 1.04. The highest BCUT2D eigenvalue weighted by molar-refractivity contribution is 7.19. The predicted molar refractivity (Wildman–Crippen MR) is 94.9 cm³/mol. The Kier molecular flexibility index (Phi) is 5.07. The van der Waals surface area contributed by atoms with Crippen LogP contribution < -0.4 is 14.8 Å². The first-order valence-corrected chi connectivity index (χ1v) is 8.89. The number of nitrogens with zero attached hydrogens (tertiary/aromatic N) is 2. The van der Waals surface area contributed by atoms with Crippen molar-refractivity contribution >= 4 is 33.7 Å². The molecule has 0 radical (unpaired) electrons. The number of benzene rings is 1. The third-order valence-electron chi connectivity index (χ3n) is 3.16. The zero-order valence-electron chi connectivity index (χ0n) is 13.1. The van der Waals surface area contributed by atoms with Crippen LogP contribution in [0, 0.1) is 0 Å². The molecule has 1 aromatic carbocycles. The van der Waals surface area contributed by atoms with E-state index < -0.39 is 6.10 Å². The molecule has 3 aromatic rings. The fraction of sp³-hybridized carbons (Fsp3) is 0.188. The van der Waals surface area contributed by atoms with Gasteiger partial charge in [0.15, 0.2) is 6.10 Å². The molecular weight excluding hydrogens is 346 g/mol. The largest absolute Gasteiger partial charge is 0.497 e. The number of carbonyl (C=O) groups excluding carboxylic acids is 1. The molecule has 1 N–H and O–H groups in total. The van der Waals surface area contributed by atoms with Gasteiger partial charge in [-0.1, -0.05) is 11.3 Å². The fourth-order valence-corrected chi connectivity index (χ4v) is 3.35. The van der Waals surface area contributed by atoms with Gasteiger partial charge in [-0.25, -0.2) is 0 Å². The van der Waals surface area contributed by atoms with Gasteiger partial charge in [-0.05, 0) is 42.6 Å². The van der Waals surface area contributed by atoms with Crippen LogP contribution in [0.4, 0.5) is 5.13 Å². The molecule has 6 nitrogen and oxygen atoms in total. The van der Waals surface area contributed by atoms with Crippen molar-refractivity contribution in [3.05, 3.63) is 41.1 Å². The van der Waals surface area contributed by atoms with Crippen molar-refractivity contribution in [3.63, 3.8) is 0 Å². The third-order valence-corrected chi connectivity index (χ3v) is 4.74. The molecule has 0 bridgehead atoms. The van der Waals surface area contributed by atoms with Crippen molar-refractivity contribution in [3.8, 4) is 22.1 Å². The number of aromatic nitrogens is 2. The van der Waals surface area contributed by atoms with Crippen molar-refractivity contribution in [1.82, 2.24) is 10.2 Å². The van der Waals surface area contributed by atoms with Crippen LogP contribution in [0.15, 0.2) is 41.1 Å². The number of ether oxygens (including phenoxy) is 2. The van der Waals surface area contributed by atoms with Gasteiger partial charge in [0.2, 0.25) is 5.13 Å². The minimum absolute atomic E-state index is 0.279. The predicted octanol–water partition coefficient (Wildman–Crippen LogP) is 3.68. The SMILES string of the molecule is COc1ccc(OC(C)C(=O)Nc2nnc(-c3ccsc3)s2)cc1. The second kappa shape index (κ2) is 7.41. The van der Waals surface area contributed by atoms with Crippen molar-refractivity contribution in [1.29, 1.82) is 0 Å². The van der Waals surface area contributed by atoms with Crippen molar-refractivity contribution < 1.29 is 14.3 Å². The first-order chi connectivity index (χ1) is 11.7. The second-order valence-corrected chi connectivity index (χ2v) is 6.61. The van der Waals surface area contributed by atoms with E-state index >= 15 is 0 Å². The molecule has 0 aliphatic heterocycles. The van der Waals surface area contributed by atoms with Gasteiger partial charge in [0.1, 0.15) is 16.5 Å². The summed E-state index contributed by atoms with van der Waals surface area (Å²) in [6.07, 6.45) is -0.660. The van der Waals surface area contributed by atoms with Gasteiger partial charge in [-0.3, -0.25) is 10.1 Å². The number of hydrogen-bond acceptors (Lipinski definition) is 7. The van der Waals surface area contributed by atoms with E-state index in [1.807, 2.05) is 16.8 Å². The van der Waals surface area contributed by atoms with E-state index in [1.54, 1.807) is 49.6 Å². The molecule has 8 heteroatoms. The van der Waals surface area contributed by atoms with Gasteiger partial charge >= 0.3 is 0 Å². The maximum Gasteiger partial charge on any atom is 0.266 e. The molecule has 3 rings (SSSR count). The normalized spacial score (nSPS) is 11.8. The van der Waals surface area contributed by atoms with Gasteiger partial charge in [-0.15, -0.1) is 10.2 Å². The number of rotatable bonds is 6. The number of methoxy groups -OCH3 is 1. The molecular formula is C16H15N3O3S2. The molecule has 0 saturated carbocycles. The summed E-state index contributed by atoms with van der Waals surface area (Å²) in [5.41, 5.74) is 1.00. The molecule has 0 aliphatic carbocycles. The Hall–Kier alpha value is -2.45. The fourth-order valence-electron chi connectivity index (χ4n) is 1.90. The molecule has 1 atom stereocenters. The quantitative estimate of drug-likeness (QED) is 0.725. The van der Waals surface area contributed by atoms with Gasteiger partial charge in [0.05, 0.1) is 7.11 Å². The molecule has 24 heavy (non-hydrogen) atoms. The summed E-state index contributed by atoms with van der Waals surface area (Å²) in [7, 11) is 1.60. The molecule has 2 aromatic heterocycles. The monoisotopic (exact) mass is 361 g/mol. The van der Waals surface area contributed by atoms with E-state index in [1.165, 1.54) is 11.3 Å².